The average molecular weight is 440 g/mol. The quantitative estimate of drug-likeness (QED) is 0.316. The predicted molar refractivity (Wildman–Crippen MR) is 131 cm³/mol. The van der Waals surface area contributed by atoms with Crippen LogP contribution in [0.4, 0.5) is 11.5 Å². The minimum Gasteiger partial charge on any atom is -0.497 e. The molecule has 2 heterocycles. The van der Waals surface area contributed by atoms with Gasteiger partial charge < -0.3 is 14.8 Å². The van der Waals surface area contributed by atoms with Crippen LogP contribution < -0.4 is 14.8 Å². The van der Waals surface area contributed by atoms with Crippen LogP contribution in [-0.4, -0.2) is 24.2 Å². The Bertz CT molecular complexity index is 1340. The normalized spacial score (nSPS) is 10.8. The number of anilines is 2. The van der Waals surface area contributed by atoms with Gasteiger partial charge >= 0.3 is 0 Å². The van der Waals surface area contributed by atoms with Crippen LogP contribution in [-0.2, 0) is 0 Å². The fourth-order valence-corrected chi connectivity index (χ4v) is 4.59. The Labute approximate surface area is 190 Å². The highest BCUT2D eigenvalue weighted by Gasteiger charge is 2.14. The number of rotatable bonds is 6. The van der Waals surface area contributed by atoms with Crippen LogP contribution in [0.25, 0.3) is 32.5 Å². The summed E-state index contributed by atoms with van der Waals surface area (Å²) in [6, 6.07) is 24.6. The number of nitrogens with one attached hydrogen (secondary N) is 1. The zero-order chi connectivity index (χ0) is 21.9. The van der Waals surface area contributed by atoms with Crippen molar-refractivity contribution in [3.63, 3.8) is 0 Å². The Morgan fingerprint density at radius 1 is 0.750 bits per heavy atom. The van der Waals surface area contributed by atoms with E-state index in [9.17, 15) is 0 Å². The number of ether oxygens (including phenoxy) is 2. The van der Waals surface area contributed by atoms with E-state index in [2.05, 4.69) is 69.2 Å². The zero-order valence-corrected chi connectivity index (χ0v) is 18.5. The molecule has 0 spiro atoms. The monoisotopic (exact) mass is 439 g/mol. The summed E-state index contributed by atoms with van der Waals surface area (Å²) in [5, 5.41) is 6.55. The topological polar surface area (TPSA) is 56.3 Å². The van der Waals surface area contributed by atoms with Crippen molar-refractivity contribution in [2.75, 3.05) is 19.5 Å². The lowest BCUT2D eigenvalue weighted by molar-refractivity contribution is 0.395. The third-order valence-corrected chi connectivity index (χ3v) is 6.17. The van der Waals surface area contributed by atoms with E-state index in [0.29, 0.717) is 11.5 Å². The molecule has 0 saturated carbocycles. The highest BCUT2D eigenvalue weighted by Crippen LogP contribution is 2.38. The molecule has 2 aromatic heterocycles. The third kappa shape index (κ3) is 3.88. The van der Waals surface area contributed by atoms with Crippen molar-refractivity contribution >= 4 is 33.1 Å². The first-order valence-electron chi connectivity index (χ1n) is 10.1. The Morgan fingerprint density at radius 3 is 2.09 bits per heavy atom. The van der Waals surface area contributed by atoms with Crippen molar-refractivity contribution < 1.29 is 9.47 Å². The largest absolute Gasteiger partial charge is 0.497 e. The molecule has 0 unspecified atom stereocenters. The molecule has 0 saturated heterocycles. The second-order valence-corrected chi connectivity index (χ2v) is 8.08. The fourth-order valence-electron chi connectivity index (χ4n) is 3.67. The van der Waals surface area contributed by atoms with Crippen molar-refractivity contribution in [2.45, 2.75) is 0 Å². The van der Waals surface area contributed by atoms with Gasteiger partial charge in [-0.3, -0.25) is 0 Å². The van der Waals surface area contributed by atoms with Gasteiger partial charge in [-0.25, -0.2) is 9.97 Å². The molecular formula is C26H21N3O2S. The van der Waals surface area contributed by atoms with Gasteiger partial charge in [-0.2, -0.15) is 0 Å². The van der Waals surface area contributed by atoms with E-state index in [1.54, 1.807) is 31.9 Å². The van der Waals surface area contributed by atoms with Crippen molar-refractivity contribution in [2.24, 2.45) is 0 Å². The number of hydrogen-bond acceptors (Lipinski definition) is 6. The van der Waals surface area contributed by atoms with Gasteiger partial charge in [0.05, 0.1) is 19.6 Å². The Morgan fingerprint density at radius 2 is 1.41 bits per heavy atom. The van der Waals surface area contributed by atoms with Crippen LogP contribution in [0, 0.1) is 0 Å². The maximum Gasteiger partial charge on any atom is 0.143 e. The van der Waals surface area contributed by atoms with Crippen molar-refractivity contribution in [1.82, 2.24) is 9.97 Å². The first-order chi connectivity index (χ1) is 15.7. The summed E-state index contributed by atoms with van der Waals surface area (Å²) in [6.07, 6.45) is 1.58. The summed E-state index contributed by atoms with van der Waals surface area (Å²) in [5.74, 6) is 2.16. The van der Waals surface area contributed by atoms with Gasteiger partial charge in [-0.15, -0.1) is 11.3 Å². The molecule has 0 fully saturated rings. The van der Waals surface area contributed by atoms with Gasteiger partial charge in [0, 0.05) is 34.8 Å². The van der Waals surface area contributed by atoms with E-state index in [1.165, 1.54) is 11.1 Å². The molecule has 5 nitrogen and oxygen atoms in total. The number of hydrogen-bond donors (Lipinski definition) is 1. The number of benzene rings is 3. The van der Waals surface area contributed by atoms with E-state index < -0.39 is 0 Å². The molecule has 5 rings (SSSR count). The predicted octanol–water partition coefficient (Wildman–Crippen LogP) is 6.79. The lowest BCUT2D eigenvalue weighted by atomic mass is 10.0. The standard InChI is InChI=1S/C26H21N3O2S/c1-30-21-12-20(13-22(14-21)31-2)29-25-24-23(15-32-26(24)28-16-27-25)19-10-8-18(9-11-19)17-6-4-3-5-7-17/h3-16H,1-2H3,(H,27,28,29). The van der Waals surface area contributed by atoms with Gasteiger partial charge in [0.2, 0.25) is 0 Å². The molecule has 1 N–H and O–H groups in total. The van der Waals surface area contributed by atoms with Crippen LogP contribution >= 0.6 is 11.3 Å². The first-order valence-corrected chi connectivity index (χ1v) is 11.0. The van der Waals surface area contributed by atoms with Crippen molar-refractivity contribution in [3.8, 4) is 33.8 Å². The number of thiophene rings is 1. The summed E-state index contributed by atoms with van der Waals surface area (Å²) >= 11 is 1.61. The SMILES string of the molecule is COc1cc(Nc2ncnc3scc(-c4ccc(-c5ccccc5)cc4)c23)cc(OC)c1. The Hall–Kier alpha value is -3.90. The molecule has 32 heavy (non-hydrogen) atoms. The van der Waals surface area contributed by atoms with Gasteiger partial charge in [0.1, 0.15) is 28.5 Å². The molecule has 0 bridgehead atoms. The molecule has 0 amide bonds. The Balaban J connectivity index is 1.54. The molecule has 0 aliphatic rings. The molecule has 158 valence electrons. The van der Waals surface area contributed by atoms with Gasteiger partial charge in [0.25, 0.3) is 0 Å². The number of nitrogens with zero attached hydrogens (tertiary/aromatic N) is 2. The van der Waals surface area contributed by atoms with Crippen molar-refractivity contribution in [3.05, 3.63) is 84.5 Å². The minimum absolute atomic E-state index is 0.708. The smallest absolute Gasteiger partial charge is 0.143 e. The molecule has 0 aliphatic heterocycles. The molecular weight excluding hydrogens is 418 g/mol. The summed E-state index contributed by atoms with van der Waals surface area (Å²) in [5.41, 5.74) is 5.44. The van der Waals surface area contributed by atoms with E-state index in [0.717, 1.165) is 32.8 Å². The van der Waals surface area contributed by atoms with Crippen LogP contribution in [0.1, 0.15) is 0 Å². The van der Waals surface area contributed by atoms with Crippen LogP contribution in [0.3, 0.4) is 0 Å². The number of fused-ring (bicyclic) bond motifs is 1. The summed E-state index contributed by atoms with van der Waals surface area (Å²) in [4.78, 5) is 9.95. The lowest BCUT2D eigenvalue weighted by Crippen LogP contribution is -1.97. The maximum atomic E-state index is 5.40. The minimum atomic E-state index is 0.708. The summed E-state index contributed by atoms with van der Waals surface area (Å²) in [7, 11) is 3.27. The van der Waals surface area contributed by atoms with Crippen LogP contribution in [0.5, 0.6) is 11.5 Å². The second kappa shape index (κ2) is 8.69. The molecule has 6 heteroatoms. The molecule has 0 radical (unpaired) electrons. The van der Waals surface area contributed by atoms with E-state index >= 15 is 0 Å². The third-order valence-electron chi connectivity index (χ3n) is 5.29. The van der Waals surface area contributed by atoms with Crippen molar-refractivity contribution in [1.29, 1.82) is 0 Å². The molecule has 0 atom stereocenters. The zero-order valence-electron chi connectivity index (χ0n) is 17.7. The van der Waals surface area contributed by atoms with Gasteiger partial charge in [-0.05, 0) is 16.7 Å². The number of methoxy groups -OCH3 is 2. The molecule has 5 aromatic rings. The molecule has 3 aromatic carbocycles. The number of aromatic nitrogens is 2. The average Bonchev–Trinajstić information content (AvgIpc) is 3.30. The van der Waals surface area contributed by atoms with Crippen LogP contribution in [0.2, 0.25) is 0 Å². The van der Waals surface area contributed by atoms with E-state index in [-0.39, 0.29) is 0 Å². The van der Waals surface area contributed by atoms with E-state index in [1.807, 2.05) is 24.3 Å². The first kappa shape index (κ1) is 20.0. The highest BCUT2D eigenvalue weighted by molar-refractivity contribution is 7.17. The second-order valence-electron chi connectivity index (χ2n) is 7.22. The summed E-state index contributed by atoms with van der Waals surface area (Å²) in [6.45, 7) is 0. The van der Waals surface area contributed by atoms with Gasteiger partial charge in [0.15, 0.2) is 0 Å². The van der Waals surface area contributed by atoms with Crippen LogP contribution in [0.15, 0.2) is 84.5 Å². The molecule has 0 aliphatic carbocycles. The highest BCUT2D eigenvalue weighted by atomic mass is 32.1. The lowest BCUT2D eigenvalue weighted by Gasteiger charge is -2.12. The van der Waals surface area contributed by atoms with Gasteiger partial charge in [-0.1, -0.05) is 54.6 Å². The van der Waals surface area contributed by atoms with E-state index in [4.69, 9.17) is 9.47 Å². The Kier molecular flexibility index (Phi) is 5.44. The summed E-state index contributed by atoms with van der Waals surface area (Å²) < 4.78 is 10.8. The maximum absolute atomic E-state index is 5.40. The fraction of sp³-hybridized carbons (Fsp3) is 0.0769.